The van der Waals surface area contributed by atoms with E-state index in [0.29, 0.717) is 10.3 Å². The van der Waals surface area contributed by atoms with Gasteiger partial charge < -0.3 is 5.32 Å². The molecular formula is C51H38Cl2IN7. The molecule has 0 aliphatic carbocycles. The molecule has 0 amide bonds. The van der Waals surface area contributed by atoms with Crippen LogP contribution in [0.25, 0.3) is 21.8 Å². The third-order valence-corrected chi connectivity index (χ3v) is 12.3. The molecule has 1 N–H and O–H groups in total. The van der Waals surface area contributed by atoms with Gasteiger partial charge in [0, 0.05) is 31.6 Å². The lowest BCUT2D eigenvalue weighted by molar-refractivity contribution is 0.473. The van der Waals surface area contributed by atoms with Crippen molar-refractivity contribution in [3.05, 3.63) is 254 Å². The van der Waals surface area contributed by atoms with Crippen LogP contribution < -0.4 is 5.32 Å². The second kappa shape index (κ2) is 17.3. The molecule has 0 spiro atoms. The highest BCUT2D eigenvalue weighted by Crippen LogP contribution is 2.45. The fourth-order valence-electron chi connectivity index (χ4n) is 8.44. The zero-order chi connectivity index (χ0) is 41.8. The van der Waals surface area contributed by atoms with Gasteiger partial charge in [0.05, 0.1) is 21.8 Å². The minimum Gasteiger partial charge on any atom is -0.371 e. The van der Waals surface area contributed by atoms with Crippen molar-refractivity contribution < 1.29 is 0 Å². The number of hydrogen-bond donors (Lipinski definition) is 1. The summed E-state index contributed by atoms with van der Waals surface area (Å²) >= 11 is 15.0. The summed E-state index contributed by atoms with van der Waals surface area (Å²) in [6, 6.07) is 66.6. The van der Waals surface area contributed by atoms with Gasteiger partial charge in [0.15, 0.2) is 5.82 Å². The topological polar surface area (TPSA) is 73.5 Å². The Labute approximate surface area is 377 Å². The van der Waals surface area contributed by atoms with Crippen LogP contribution in [0.2, 0.25) is 10.3 Å². The van der Waals surface area contributed by atoms with Crippen molar-refractivity contribution in [2.45, 2.75) is 11.1 Å². The second-order valence-electron chi connectivity index (χ2n) is 14.4. The Kier molecular flexibility index (Phi) is 11.4. The van der Waals surface area contributed by atoms with Crippen molar-refractivity contribution in [2.24, 2.45) is 0 Å². The summed E-state index contributed by atoms with van der Waals surface area (Å²) in [5, 5.41) is 16.1. The molecule has 4 aromatic heterocycles. The highest BCUT2D eigenvalue weighted by atomic mass is 127. The van der Waals surface area contributed by atoms with Gasteiger partial charge in [0.25, 0.3) is 0 Å². The van der Waals surface area contributed by atoms with Crippen molar-refractivity contribution in [1.82, 2.24) is 29.5 Å². The number of nitrogens with zero attached hydrogens (tertiary/aromatic N) is 6. The maximum atomic E-state index is 6.36. The third-order valence-electron chi connectivity index (χ3n) is 11.0. The minimum absolute atomic E-state index is 0.430. The van der Waals surface area contributed by atoms with E-state index in [1.807, 2.05) is 55.6 Å². The van der Waals surface area contributed by atoms with E-state index < -0.39 is 11.1 Å². The van der Waals surface area contributed by atoms with Gasteiger partial charge in [0.1, 0.15) is 25.1 Å². The predicted octanol–water partition coefficient (Wildman–Crippen LogP) is 12.5. The average Bonchev–Trinajstić information content (AvgIpc) is 3.85. The SMILES string of the molecule is CNc1nn(C(c2ccccc2)(c2ccccc2)c2ccccc2)c2cc(Cl)ncc12.Clc1cc2c(cn1)c(I)nn2C(c1ccccc1)(c1ccccc1)c1ccccc1. The Morgan fingerprint density at radius 2 is 0.738 bits per heavy atom. The number of rotatable bonds is 9. The van der Waals surface area contributed by atoms with Crippen LogP contribution in [-0.4, -0.2) is 36.6 Å². The summed E-state index contributed by atoms with van der Waals surface area (Å²) < 4.78 is 5.05. The molecule has 10 rings (SSSR count). The number of anilines is 1. The molecule has 0 bridgehead atoms. The average molecular weight is 947 g/mol. The van der Waals surface area contributed by atoms with Crippen molar-refractivity contribution >= 4 is 73.4 Å². The monoisotopic (exact) mass is 945 g/mol. The molecule has 0 atom stereocenters. The standard InChI is InChI=1S/C26H21ClN4.C25H17ClIN3/c1-28-25-22-18-29-24(27)17-23(22)31(30-25)26(19-11-5-2-6-12-19,20-13-7-3-8-14-20)21-15-9-4-10-16-21;26-23-16-22-21(17-28-23)24(27)29-30(22)25(18-10-4-1-5-11-18,19-12-6-2-7-13-19)20-14-8-3-9-15-20/h2-18H,1H3,(H,28,30);1-17H. The van der Waals surface area contributed by atoms with Crippen molar-refractivity contribution in [2.75, 3.05) is 12.4 Å². The Morgan fingerprint density at radius 3 is 1.07 bits per heavy atom. The number of aromatic nitrogens is 6. The number of nitrogens with one attached hydrogen (secondary N) is 1. The van der Waals surface area contributed by atoms with Gasteiger partial charge in [-0.2, -0.15) is 10.2 Å². The molecule has 0 saturated carbocycles. The quantitative estimate of drug-likeness (QED) is 0.0886. The summed E-state index contributed by atoms with van der Waals surface area (Å²) in [4.78, 5) is 8.59. The smallest absolute Gasteiger partial charge is 0.157 e. The van der Waals surface area contributed by atoms with E-state index in [1.165, 1.54) is 0 Å². The first kappa shape index (κ1) is 40.1. The number of pyridine rings is 2. The van der Waals surface area contributed by atoms with Crippen LogP contribution in [0.3, 0.4) is 0 Å². The first-order valence-corrected chi connectivity index (χ1v) is 21.6. The molecule has 10 heteroatoms. The zero-order valence-corrected chi connectivity index (χ0v) is 36.6. The lowest BCUT2D eigenvalue weighted by Gasteiger charge is -2.37. The fourth-order valence-corrected chi connectivity index (χ4v) is 9.38. The van der Waals surface area contributed by atoms with Crippen LogP contribution in [0, 0.1) is 3.70 Å². The van der Waals surface area contributed by atoms with Crippen LogP contribution in [0.4, 0.5) is 5.82 Å². The van der Waals surface area contributed by atoms with E-state index in [0.717, 1.165) is 64.7 Å². The Morgan fingerprint density at radius 1 is 0.443 bits per heavy atom. The van der Waals surface area contributed by atoms with Gasteiger partial charge >= 0.3 is 0 Å². The van der Waals surface area contributed by atoms with E-state index in [-0.39, 0.29) is 0 Å². The zero-order valence-electron chi connectivity index (χ0n) is 32.9. The van der Waals surface area contributed by atoms with E-state index in [1.54, 1.807) is 12.4 Å². The van der Waals surface area contributed by atoms with E-state index in [4.69, 9.17) is 33.4 Å². The Bertz CT molecular complexity index is 2840. The van der Waals surface area contributed by atoms with Gasteiger partial charge in [-0.25, -0.2) is 19.3 Å². The van der Waals surface area contributed by atoms with Crippen molar-refractivity contribution in [1.29, 1.82) is 0 Å². The molecule has 6 aromatic carbocycles. The van der Waals surface area contributed by atoms with Crippen molar-refractivity contribution in [3.63, 3.8) is 0 Å². The molecule has 298 valence electrons. The summed E-state index contributed by atoms with van der Waals surface area (Å²) in [6.45, 7) is 0. The molecule has 10 aromatic rings. The summed E-state index contributed by atoms with van der Waals surface area (Å²) in [5.41, 5.74) is 7.14. The van der Waals surface area contributed by atoms with E-state index in [2.05, 4.69) is 193 Å². The molecule has 0 saturated heterocycles. The molecule has 4 heterocycles. The lowest BCUT2D eigenvalue weighted by atomic mass is 9.77. The van der Waals surface area contributed by atoms with Crippen LogP contribution in [0.15, 0.2) is 207 Å². The van der Waals surface area contributed by atoms with Crippen molar-refractivity contribution in [3.8, 4) is 0 Å². The van der Waals surface area contributed by atoms with E-state index in [9.17, 15) is 0 Å². The molecule has 0 radical (unpaired) electrons. The van der Waals surface area contributed by atoms with Gasteiger partial charge in [-0.3, -0.25) is 0 Å². The fraction of sp³-hybridized carbons (Fsp3) is 0.0588. The highest BCUT2D eigenvalue weighted by Gasteiger charge is 2.42. The van der Waals surface area contributed by atoms with Crippen LogP contribution in [0.1, 0.15) is 33.4 Å². The largest absolute Gasteiger partial charge is 0.371 e. The molecule has 0 aliphatic heterocycles. The third kappa shape index (κ3) is 7.14. The highest BCUT2D eigenvalue weighted by molar-refractivity contribution is 14.1. The normalized spacial score (nSPS) is 11.6. The number of benzene rings is 6. The maximum absolute atomic E-state index is 6.36. The Balaban J connectivity index is 0.000000156. The first-order valence-electron chi connectivity index (χ1n) is 19.7. The van der Waals surface area contributed by atoms with Gasteiger partial charge in [-0.15, -0.1) is 0 Å². The maximum Gasteiger partial charge on any atom is 0.157 e. The van der Waals surface area contributed by atoms with Gasteiger partial charge in [-0.05, 0) is 56.0 Å². The molecule has 0 fully saturated rings. The Hall–Kier alpha value is -6.33. The summed E-state index contributed by atoms with van der Waals surface area (Å²) in [7, 11) is 1.87. The molecule has 7 nitrogen and oxygen atoms in total. The first-order chi connectivity index (χ1) is 30.0. The number of fused-ring (bicyclic) bond motifs is 2. The van der Waals surface area contributed by atoms with Gasteiger partial charge in [-0.1, -0.05) is 205 Å². The van der Waals surface area contributed by atoms with Crippen LogP contribution >= 0.6 is 45.8 Å². The van der Waals surface area contributed by atoms with Gasteiger partial charge in [0.2, 0.25) is 0 Å². The predicted molar refractivity (Wildman–Crippen MR) is 257 cm³/mol. The molecule has 0 unspecified atom stereocenters. The van der Waals surface area contributed by atoms with Crippen LogP contribution in [0.5, 0.6) is 0 Å². The molecular weight excluding hydrogens is 908 g/mol. The summed E-state index contributed by atoms with van der Waals surface area (Å²) in [6.07, 6.45) is 3.58. The molecule has 61 heavy (non-hydrogen) atoms. The van der Waals surface area contributed by atoms with E-state index >= 15 is 0 Å². The number of hydrogen-bond acceptors (Lipinski definition) is 5. The molecule has 0 aliphatic rings. The summed E-state index contributed by atoms with van der Waals surface area (Å²) in [5.74, 6) is 0.756. The number of halogens is 3. The second-order valence-corrected chi connectivity index (χ2v) is 16.2. The van der Waals surface area contributed by atoms with Crippen LogP contribution in [-0.2, 0) is 11.1 Å². The minimum atomic E-state index is -0.707. The lowest BCUT2D eigenvalue weighted by Crippen LogP contribution is -2.38.